The van der Waals surface area contributed by atoms with Crippen LogP contribution in [0.3, 0.4) is 0 Å². The maximum atomic E-state index is 13.1. The minimum atomic E-state index is -1.05. The highest BCUT2D eigenvalue weighted by Gasteiger charge is 2.48. The molecule has 1 atom stereocenters. The molecule has 1 saturated heterocycles. The molecule has 0 bridgehead atoms. The van der Waals surface area contributed by atoms with E-state index in [9.17, 15) is 14.7 Å². The molecule has 0 aliphatic carbocycles. The van der Waals surface area contributed by atoms with Crippen LogP contribution in [0.4, 0.5) is 5.69 Å². The van der Waals surface area contributed by atoms with E-state index in [0.717, 1.165) is 0 Å². The third-order valence-electron chi connectivity index (χ3n) is 5.23. The van der Waals surface area contributed by atoms with E-state index in [-0.39, 0.29) is 32.7 Å². The first-order valence-electron chi connectivity index (χ1n) is 9.67. The van der Waals surface area contributed by atoms with Gasteiger partial charge < -0.3 is 14.3 Å². The molecule has 1 N–H and O–H groups in total. The summed E-state index contributed by atoms with van der Waals surface area (Å²) in [6.45, 7) is 1.72. The number of Topliss-reactive ketones (excluding diaryl/α,β-unsaturated/α-hetero) is 1. The summed E-state index contributed by atoms with van der Waals surface area (Å²) in [5.41, 5.74) is 0.705. The van der Waals surface area contributed by atoms with Crippen LogP contribution < -0.4 is 9.64 Å². The van der Waals surface area contributed by atoms with E-state index in [0.29, 0.717) is 17.0 Å². The number of ketones is 1. The highest BCUT2D eigenvalue weighted by molar-refractivity contribution is 6.51. The second kappa shape index (κ2) is 8.66. The minimum Gasteiger partial charge on any atom is -0.507 e. The lowest BCUT2D eigenvalue weighted by Crippen LogP contribution is -2.29. The summed E-state index contributed by atoms with van der Waals surface area (Å²) in [5, 5.41) is 20.5. The van der Waals surface area contributed by atoms with Crippen molar-refractivity contribution < 1.29 is 23.8 Å². The smallest absolute Gasteiger partial charge is 0.300 e. The molecule has 0 radical (unpaired) electrons. The Morgan fingerprint density at radius 3 is 2.27 bits per heavy atom. The number of furan rings is 1. The van der Waals surface area contributed by atoms with Crippen LogP contribution in [-0.4, -0.2) is 23.9 Å². The number of amides is 1. The number of methoxy groups -OCH3 is 1. The van der Waals surface area contributed by atoms with Crippen molar-refractivity contribution in [1.82, 2.24) is 0 Å². The molecule has 2 aromatic carbocycles. The molecule has 1 unspecified atom stereocenters. The zero-order chi connectivity index (χ0) is 23.9. The van der Waals surface area contributed by atoms with Crippen molar-refractivity contribution in [3.05, 3.63) is 86.8 Å². The Kier molecular flexibility index (Phi) is 5.90. The van der Waals surface area contributed by atoms with E-state index in [1.54, 1.807) is 31.2 Å². The second-order valence-corrected chi connectivity index (χ2v) is 8.06. The third kappa shape index (κ3) is 3.84. The van der Waals surface area contributed by atoms with Crippen molar-refractivity contribution >= 4 is 46.3 Å². The predicted octanol–water partition coefficient (Wildman–Crippen LogP) is 5.40. The van der Waals surface area contributed by atoms with E-state index in [1.165, 1.54) is 36.3 Å². The molecule has 1 fully saturated rings. The molecule has 2 heterocycles. The molecule has 33 heavy (non-hydrogen) atoms. The number of nitrogens with zero attached hydrogens (tertiary/aromatic N) is 2. The molecule has 1 aliphatic heterocycles. The minimum absolute atomic E-state index is 0.123. The van der Waals surface area contributed by atoms with E-state index in [2.05, 4.69) is 0 Å². The Hall–Kier alpha value is -3.73. The fourth-order valence-corrected chi connectivity index (χ4v) is 4.35. The van der Waals surface area contributed by atoms with Gasteiger partial charge in [0.1, 0.15) is 23.3 Å². The van der Waals surface area contributed by atoms with Crippen molar-refractivity contribution in [3.8, 4) is 11.8 Å². The number of carbonyl (C=O) groups is 2. The largest absolute Gasteiger partial charge is 0.507 e. The van der Waals surface area contributed by atoms with Crippen LogP contribution in [-0.2, 0) is 9.59 Å². The highest BCUT2D eigenvalue weighted by atomic mass is 35.5. The van der Waals surface area contributed by atoms with Gasteiger partial charge in [-0.3, -0.25) is 14.5 Å². The van der Waals surface area contributed by atoms with Crippen molar-refractivity contribution in [2.24, 2.45) is 0 Å². The molecule has 7 nitrogen and oxygen atoms in total. The van der Waals surface area contributed by atoms with Gasteiger partial charge in [0, 0.05) is 11.3 Å². The number of aliphatic hydroxyl groups is 1. The summed E-state index contributed by atoms with van der Waals surface area (Å²) in [7, 11) is 1.40. The fraction of sp³-hybridized carbons (Fsp3) is 0.125. The number of halogens is 2. The van der Waals surface area contributed by atoms with Crippen molar-refractivity contribution in [1.29, 1.82) is 5.26 Å². The maximum Gasteiger partial charge on any atom is 0.300 e. The van der Waals surface area contributed by atoms with Gasteiger partial charge in [-0.05, 0) is 55.5 Å². The van der Waals surface area contributed by atoms with Crippen LogP contribution >= 0.6 is 23.2 Å². The lowest BCUT2D eigenvalue weighted by molar-refractivity contribution is -0.132. The van der Waals surface area contributed by atoms with Crippen molar-refractivity contribution in [3.63, 3.8) is 0 Å². The number of aryl methyl sites for hydroxylation is 1. The number of nitriles is 1. The summed E-state index contributed by atoms with van der Waals surface area (Å²) in [6, 6.07) is 13.2. The van der Waals surface area contributed by atoms with Crippen LogP contribution in [0.1, 0.15) is 28.7 Å². The molecule has 3 aromatic rings. The van der Waals surface area contributed by atoms with Gasteiger partial charge in [-0.1, -0.05) is 23.2 Å². The molecule has 166 valence electrons. The summed E-state index contributed by atoms with van der Waals surface area (Å²) in [6.07, 6.45) is 0. The first-order valence-corrected chi connectivity index (χ1v) is 10.4. The Morgan fingerprint density at radius 2 is 1.76 bits per heavy atom. The standard InChI is InChI=1S/C24H16Cl2N2O5/c1-12-3-8-18(33-12)20-19(21(29)14-9-16(25)23(32-2)17(26)10-14)22(30)24(31)28(20)15-6-4-13(11-27)5-7-15/h3-10,20,29H,1-2H3/b21-19-. The number of hydrogen-bond acceptors (Lipinski definition) is 6. The van der Waals surface area contributed by atoms with Gasteiger partial charge in [-0.15, -0.1) is 0 Å². The first kappa shape index (κ1) is 22.5. The molecule has 1 aliphatic rings. The van der Waals surface area contributed by atoms with Crippen LogP contribution in [0, 0.1) is 18.3 Å². The van der Waals surface area contributed by atoms with Gasteiger partial charge in [-0.25, -0.2) is 0 Å². The molecule has 4 rings (SSSR count). The maximum absolute atomic E-state index is 13.1. The first-order chi connectivity index (χ1) is 15.8. The Balaban J connectivity index is 1.93. The van der Waals surface area contributed by atoms with Gasteiger partial charge in [-0.2, -0.15) is 5.26 Å². The zero-order valence-electron chi connectivity index (χ0n) is 17.4. The number of hydrogen-bond donors (Lipinski definition) is 1. The number of benzene rings is 2. The topological polar surface area (TPSA) is 104 Å². The number of ether oxygens (including phenoxy) is 1. The van der Waals surface area contributed by atoms with Crippen molar-refractivity contribution in [2.45, 2.75) is 13.0 Å². The van der Waals surface area contributed by atoms with Crippen molar-refractivity contribution in [2.75, 3.05) is 12.0 Å². The highest BCUT2D eigenvalue weighted by Crippen LogP contribution is 2.44. The molecule has 0 spiro atoms. The lowest BCUT2D eigenvalue weighted by atomic mass is 9.99. The molecular formula is C24H16Cl2N2O5. The van der Waals surface area contributed by atoms with Crippen LogP contribution in [0.15, 0.2) is 58.5 Å². The SMILES string of the molecule is COc1c(Cl)cc(/C(O)=C2/C(=O)C(=O)N(c3ccc(C#N)cc3)C2c2ccc(C)o2)cc1Cl. The number of aliphatic hydroxyl groups excluding tert-OH is 1. The Morgan fingerprint density at radius 1 is 1.12 bits per heavy atom. The average Bonchev–Trinajstić information content (AvgIpc) is 3.34. The monoisotopic (exact) mass is 482 g/mol. The quantitative estimate of drug-likeness (QED) is 0.303. The average molecular weight is 483 g/mol. The summed E-state index contributed by atoms with van der Waals surface area (Å²) in [5.74, 6) is -1.17. The summed E-state index contributed by atoms with van der Waals surface area (Å²) in [4.78, 5) is 27.4. The van der Waals surface area contributed by atoms with E-state index in [4.69, 9.17) is 37.6 Å². The van der Waals surface area contributed by atoms with E-state index in [1.807, 2.05) is 6.07 Å². The molecule has 0 saturated carbocycles. The third-order valence-corrected chi connectivity index (χ3v) is 5.79. The van der Waals surface area contributed by atoms with E-state index < -0.39 is 23.5 Å². The van der Waals surface area contributed by atoms with Gasteiger partial charge in [0.15, 0.2) is 5.75 Å². The van der Waals surface area contributed by atoms with E-state index >= 15 is 0 Å². The lowest BCUT2D eigenvalue weighted by Gasteiger charge is -2.23. The Labute approximate surface area is 199 Å². The Bertz CT molecular complexity index is 1330. The summed E-state index contributed by atoms with van der Waals surface area (Å²) >= 11 is 12.4. The van der Waals surface area contributed by atoms with Crippen LogP contribution in [0.25, 0.3) is 5.76 Å². The second-order valence-electron chi connectivity index (χ2n) is 7.25. The van der Waals surface area contributed by atoms with Gasteiger partial charge >= 0.3 is 0 Å². The van der Waals surface area contributed by atoms with Gasteiger partial charge in [0.2, 0.25) is 0 Å². The summed E-state index contributed by atoms with van der Waals surface area (Å²) < 4.78 is 10.9. The molecular weight excluding hydrogens is 467 g/mol. The van der Waals surface area contributed by atoms with Gasteiger partial charge in [0.25, 0.3) is 11.7 Å². The zero-order valence-corrected chi connectivity index (χ0v) is 18.9. The van der Waals surface area contributed by atoms with Gasteiger partial charge in [0.05, 0.1) is 34.4 Å². The van der Waals surface area contributed by atoms with Crippen LogP contribution in [0.2, 0.25) is 10.0 Å². The molecule has 1 amide bonds. The normalized spacial score (nSPS) is 17.3. The predicted molar refractivity (Wildman–Crippen MR) is 122 cm³/mol. The molecule has 9 heteroatoms. The van der Waals surface area contributed by atoms with Crippen LogP contribution in [0.5, 0.6) is 5.75 Å². The molecule has 1 aromatic heterocycles. The number of anilines is 1. The number of rotatable bonds is 4. The fourth-order valence-electron chi connectivity index (χ4n) is 3.71. The number of carbonyl (C=O) groups excluding carboxylic acids is 2.